The average Bonchev–Trinajstić information content (AvgIpc) is 2.08. The molecule has 6 heteroatoms. The van der Waals surface area contributed by atoms with Crippen molar-refractivity contribution in [3.63, 3.8) is 0 Å². The summed E-state index contributed by atoms with van der Waals surface area (Å²) in [4.78, 5) is 0. The van der Waals surface area contributed by atoms with Gasteiger partial charge in [-0.25, -0.2) is 0 Å². The van der Waals surface area contributed by atoms with E-state index in [1.54, 1.807) is 0 Å². The zero-order chi connectivity index (χ0) is 9.46. The molecular formula is C6H14N2O4. The molecule has 4 unspecified atom stereocenters. The molecule has 0 aromatic carbocycles. The van der Waals surface area contributed by atoms with Crippen molar-refractivity contribution in [2.45, 2.75) is 36.5 Å². The van der Waals surface area contributed by atoms with Crippen LogP contribution in [0.3, 0.4) is 0 Å². The maximum atomic E-state index is 9.18. The number of nitrogens with two attached hydrogens (primary N) is 2. The van der Waals surface area contributed by atoms with Crippen LogP contribution in [0.1, 0.15) is 0 Å². The van der Waals surface area contributed by atoms with Crippen molar-refractivity contribution in [2.24, 2.45) is 11.5 Å². The van der Waals surface area contributed by atoms with E-state index in [1.807, 2.05) is 0 Å². The highest BCUT2D eigenvalue weighted by Gasteiger charge is 2.45. The predicted octanol–water partition coefficient (Wildman–Crippen LogP) is -3.90. The standard InChI is InChI=1S/C6H14N2O4/c7-1-2(8)4(10)6(12)5(11)3(1)9/h1-6,9-12H,7-8H2/t1-,2-,3?,4?,5?,6?/m0/s1. The Morgan fingerprint density at radius 2 is 0.833 bits per heavy atom. The summed E-state index contributed by atoms with van der Waals surface area (Å²) in [6.07, 6.45) is -5.46. The smallest absolute Gasteiger partial charge is 0.110 e. The summed E-state index contributed by atoms with van der Waals surface area (Å²) in [6, 6.07) is -1.84. The number of aliphatic hydroxyl groups is 4. The molecule has 1 saturated carbocycles. The van der Waals surface area contributed by atoms with Crippen LogP contribution in [-0.2, 0) is 0 Å². The van der Waals surface area contributed by atoms with Gasteiger partial charge >= 0.3 is 0 Å². The van der Waals surface area contributed by atoms with Gasteiger partial charge in [-0.2, -0.15) is 0 Å². The molecule has 1 fully saturated rings. The van der Waals surface area contributed by atoms with Gasteiger partial charge < -0.3 is 31.9 Å². The Hall–Kier alpha value is -0.240. The van der Waals surface area contributed by atoms with Crippen molar-refractivity contribution in [1.29, 1.82) is 0 Å². The number of hydrogen-bond donors (Lipinski definition) is 6. The van der Waals surface area contributed by atoms with E-state index >= 15 is 0 Å². The average molecular weight is 178 g/mol. The molecular weight excluding hydrogens is 164 g/mol. The maximum Gasteiger partial charge on any atom is 0.110 e. The number of aliphatic hydroxyl groups excluding tert-OH is 4. The van der Waals surface area contributed by atoms with Gasteiger partial charge in [-0.1, -0.05) is 0 Å². The molecule has 0 aromatic rings. The van der Waals surface area contributed by atoms with Gasteiger partial charge in [-0.3, -0.25) is 0 Å². The molecule has 0 aliphatic heterocycles. The van der Waals surface area contributed by atoms with Crippen LogP contribution in [0, 0.1) is 0 Å². The molecule has 0 saturated heterocycles. The second-order valence-corrected chi connectivity index (χ2v) is 3.12. The van der Waals surface area contributed by atoms with Crippen LogP contribution < -0.4 is 11.5 Å². The Labute approximate surface area is 69.4 Å². The lowest BCUT2D eigenvalue weighted by molar-refractivity contribution is -0.149. The molecule has 0 amide bonds. The minimum Gasteiger partial charge on any atom is -0.389 e. The zero-order valence-electron chi connectivity index (χ0n) is 6.41. The molecule has 1 aliphatic rings. The van der Waals surface area contributed by atoms with Gasteiger partial charge in [0.2, 0.25) is 0 Å². The SMILES string of the molecule is N[C@@H]1C(O)C(O)C(O)C(O)[C@H]1N. The number of hydrogen-bond acceptors (Lipinski definition) is 6. The van der Waals surface area contributed by atoms with Crippen molar-refractivity contribution in [2.75, 3.05) is 0 Å². The van der Waals surface area contributed by atoms with Gasteiger partial charge in [0.15, 0.2) is 0 Å². The Bertz CT molecular complexity index is 109. The van der Waals surface area contributed by atoms with E-state index < -0.39 is 36.5 Å². The summed E-state index contributed by atoms with van der Waals surface area (Å²) >= 11 is 0. The van der Waals surface area contributed by atoms with E-state index in [0.717, 1.165) is 0 Å². The first kappa shape index (κ1) is 9.85. The third-order valence-electron chi connectivity index (χ3n) is 2.28. The Morgan fingerprint density at radius 1 is 0.583 bits per heavy atom. The highest BCUT2D eigenvalue weighted by molar-refractivity contribution is 5.02. The molecule has 1 rings (SSSR count). The van der Waals surface area contributed by atoms with E-state index in [1.165, 1.54) is 0 Å². The molecule has 0 bridgehead atoms. The first-order chi connectivity index (χ1) is 5.46. The Balaban J connectivity index is 2.76. The van der Waals surface area contributed by atoms with Crippen LogP contribution in [0.5, 0.6) is 0 Å². The zero-order valence-corrected chi connectivity index (χ0v) is 6.41. The molecule has 6 nitrogen and oxygen atoms in total. The minimum atomic E-state index is -1.44. The Kier molecular flexibility index (Phi) is 2.67. The van der Waals surface area contributed by atoms with Crippen molar-refractivity contribution < 1.29 is 20.4 Å². The fourth-order valence-electron chi connectivity index (χ4n) is 1.31. The second-order valence-electron chi connectivity index (χ2n) is 3.12. The molecule has 72 valence electrons. The summed E-state index contributed by atoms with van der Waals surface area (Å²) in [5.41, 5.74) is 10.7. The lowest BCUT2D eigenvalue weighted by Gasteiger charge is -2.40. The normalized spacial score (nSPS) is 55.5. The van der Waals surface area contributed by atoms with E-state index in [-0.39, 0.29) is 0 Å². The van der Waals surface area contributed by atoms with Crippen molar-refractivity contribution >= 4 is 0 Å². The summed E-state index contributed by atoms with van der Waals surface area (Å²) in [5.74, 6) is 0. The molecule has 6 atom stereocenters. The monoisotopic (exact) mass is 178 g/mol. The van der Waals surface area contributed by atoms with Crippen LogP contribution in [0.15, 0.2) is 0 Å². The quantitative estimate of drug-likeness (QED) is 0.224. The molecule has 0 heterocycles. The van der Waals surface area contributed by atoms with Gasteiger partial charge in [0.05, 0.1) is 24.3 Å². The first-order valence-corrected chi connectivity index (χ1v) is 3.70. The fraction of sp³-hybridized carbons (Fsp3) is 1.00. The van der Waals surface area contributed by atoms with Crippen LogP contribution >= 0.6 is 0 Å². The van der Waals surface area contributed by atoms with Crippen LogP contribution in [0.4, 0.5) is 0 Å². The molecule has 8 N–H and O–H groups in total. The van der Waals surface area contributed by atoms with E-state index in [2.05, 4.69) is 0 Å². The lowest BCUT2D eigenvalue weighted by Crippen LogP contribution is -2.69. The van der Waals surface area contributed by atoms with Gasteiger partial charge in [0.1, 0.15) is 12.2 Å². The van der Waals surface area contributed by atoms with Gasteiger partial charge in [-0.05, 0) is 0 Å². The summed E-state index contributed by atoms with van der Waals surface area (Å²) in [7, 11) is 0. The van der Waals surface area contributed by atoms with Gasteiger partial charge in [0, 0.05) is 0 Å². The van der Waals surface area contributed by atoms with E-state index in [4.69, 9.17) is 21.7 Å². The topological polar surface area (TPSA) is 133 Å². The van der Waals surface area contributed by atoms with Crippen molar-refractivity contribution in [3.8, 4) is 0 Å². The highest BCUT2D eigenvalue weighted by atomic mass is 16.4. The highest BCUT2D eigenvalue weighted by Crippen LogP contribution is 2.18. The molecule has 0 aromatic heterocycles. The molecule has 0 spiro atoms. The summed E-state index contributed by atoms with van der Waals surface area (Å²) in [5, 5.41) is 36.6. The molecule has 12 heavy (non-hydrogen) atoms. The first-order valence-electron chi connectivity index (χ1n) is 3.70. The summed E-state index contributed by atoms with van der Waals surface area (Å²) < 4.78 is 0. The predicted molar refractivity (Wildman–Crippen MR) is 40.0 cm³/mol. The molecule has 1 aliphatic carbocycles. The van der Waals surface area contributed by atoms with Crippen LogP contribution in [0.25, 0.3) is 0 Å². The largest absolute Gasteiger partial charge is 0.389 e. The maximum absolute atomic E-state index is 9.18. The lowest BCUT2D eigenvalue weighted by atomic mass is 9.82. The minimum absolute atomic E-state index is 0.918. The number of rotatable bonds is 0. The third kappa shape index (κ3) is 1.33. The summed E-state index contributed by atoms with van der Waals surface area (Å²) in [6.45, 7) is 0. The van der Waals surface area contributed by atoms with Gasteiger partial charge in [-0.15, -0.1) is 0 Å². The van der Waals surface area contributed by atoms with Crippen molar-refractivity contribution in [1.82, 2.24) is 0 Å². The third-order valence-corrected chi connectivity index (χ3v) is 2.28. The molecule has 0 radical (unpaired) electrons. The van der Waals surface area contributed by atoms with E-state index in [9.17, 15) is 10.2 Å². The van der Waals surface area contributed by atoms with E-state index in [0.29, 0.717) is 0 Å². The second kappa shape index (κ2) is 3.25. The fourth-order valence-corrected chi connectivity index (χ4v) is 1.31. The Morgan fingerprint density at radius 3 is 1.08 bits per heavy atom. The van der Waals surface area contributed by atoms with Gasteiger partial charge in [0.25, 0.3) is 0 Å². The van der Waals surface area contributed by atoms with Crippen LogP contribution in [-0.4, -0.2) is 56.9 Å². The van der Waals surface area contributed by atoms with Crippen molar-refractivity contribution in [3.05, 3.63) is 0 Å². The van der Waals surface area contributed by atoms with Crippen LogP contribution in [0.2, 0.25) is 0 Å².